The van der Waals surface area contributed by atoms with Crippen LogP contribution < -0.4 is 0 Å². The van der Waals surface area contributed by atoms with E-state index in [0.29, 0.717) is 49.4 Å². The molecule has 3 aliphatic rings. The Kier molecular flexibility index (Phi) is 4.74. The third-order valence-corrected chi connectivity index (χ3v) is 7.28. The van der Waals surface area contributed by atoms with Gasteiger partial charge in [-0.3, -0.25) is 14.3 Å². The number of nitrogens with zero attached hydrogens (tertiary/aromatic N) is 5. The van der Waals surface area contributed by atoms with Crippen molar-refractivity contribution in [2.45, 2.75) is 32.0 Å². The molecule has 172 valence electrons. The average molecular weight is 476 g/mol. The molecule has 1 atom stereocenters. The van der Waals surface area contributed by atoms with E-state index in [9.17, 15) is 9.59 Å². The van der Waals surface area contributed by atoms with Gasteiger partial charge in [-0.1, -0.05) is 53.2 Å². The summed E-state index contributed by atoms with van der Waals surface area (Å²) in [7, 11) is 0. The van der Waals surface area contributed by atoms with Gasteiger partial charge < -0.3 is 14.3 Å². The Morgan fingerprint density at radius 3 is 2.68 bits per heavy atom. The van der Waals surface area contributed by atoms with Crippen LogP contribution >= 0.6 is 11.6 Å². The van der Waals surface area contributed by atoms with Gasteiger partial charge in [0.25, 0.3) is 11.8 Å². The minimum Gasteiger partial charge on any atom is -0.364 e. The Bertz CT molecular complexity index is 1370. The summed E-state index contributed by atoms with van der Waals surface area (Å²) in [4.78, 5) is 31.1. The number of rotatable bonds is 3. The van der Waals surface area contributed by atoms with Crippen molar-refractivity contribution in [3.63, 3.8) is 0 Å². The quantitative estimate of drug-likeness (QED) is 0.571. The van der Waals surface area contributed by atoms with Crippen molar-refractivity contribution in [1.29, 1.82) is 0 Å². The Hall–Kier alpha value is -3.65. The number of hydrogen-bond acceptors (Lipinski definition) is 5. The molecule has 4 heterocycles. The summed E-state index contributed by atoms with van der Waals surface area (Å²) in [5.41, 5.74) is 3.10. The lowest BCUT2D eigenvalue weighted by molar-refractivity contribution is 0.0112. The summed E-state index contributed by atoms with van der Waals surface area (Å²) in [6.07, 6.45) is 6.49. The second kappa shape index (κ2) is 7.70. The molecular formula is C25H22ClN5O3. The number of fused-ring (bicyclic) bond motifs is 2. The van der Waals surface area contributed by atoms with E-state index < -0.39 is 5.66 Å². The molecule has 3 aromatic rings. The van der Waals surface area contributed by atoms with Crippen molar-refractivity contribution in [1.82, 2.24) is 24.7 Å². The molecule has 6 rings (SSSR count). The van der Waals surface area contributed by atoms with Crippen molar-refractivity contribution in [3.8, 4) is 11.3 Å². The zero-order chi connectivity index (χ0) is 23.4. The van der Waals surface area contributed by atoms with Gasteiger partial charge in [0.15, 0.2) is 5.66 Å². The molecule has 0 spiro atoms. The summed E-state index contributed by atoms with van der Waals surface area (Å²) in [5, 5.41) is 9.43. The Morgan fingerprint density at radius 1 is 1.15 bits per heavy atom. The van der Waals surface area contributed by atoms with Crippen LogP contribution in [0.1, 0.15) is 39.4 Å². The number of allylic oxidation sites excluding steroid dienone is 3. The number of carbonyl (C=O) groups is 2. The molecule has 1 aliphatic carbocycles. The van der Waals surface area contributed by atoms with Crippen molar-refractivity contribution < 1.29 is 14.1 Å². The van der Waals surface area contributed by atoms with E-state index in [-0.39, 0.29) is 11.8 Å². The molecule has 0 bridgehead atoms. The number of aryl methyl sites for hydroxylation is 1. The zero-order valence-corrected chi connectivity index (χ0v) is 19.3. The van der Waals surface area contributed by atoms with E-state index in [1.54, 1.807) is 16.5 Å². The predicted octanol–water partition coefficient (Wildman–Crippen LogP) is 4.00. The standard InChI is InChI=1S/C25H22ClN5O3/c1-16-20(14-34-28-16)23(32)29-11-12-30-24(33)22-13-21(17-5-3-2-4-6-17)27-31(22)15-25(29,30)18-7-9-19(26)10-8-18/h2-7,9,13-14H,8,10-12,15H2,1H3. The molecule has 1 fully saturated rings. The SMILES string of the molecule is Cc1nocc1C(=O)N1CCN2C(=O)c3cc(-c4ccccc4)nn3CC12C1=CC=C(Cl)CC1. The summed E-state index contributed by atoms with van der Waals surface area (Å²) < 4.78 is 6.79. The zero-order valence-electron chi connectivity index (χ0n) is 18.6. The van der Waals surface area contributed by atoms with Gasteiger partial charge in [-0.25, -0.2) is 0 Å². The van der Waals surface area contributed by atoms with E-state index >= 15 is 0 Å². The Labute approximate surface area is 201 Å². The van der Waals surface area contributed by atoms with Crippen molar-refractivity contribution in [3.05, 3.63) is 82.4 Å². The molecule has 8 nitrogen and oxygen atoms in total. The fourth-order valence-electron chi connectivity index (χ4n) is 5.27. The van der Waals surface area contributed by atoms with Crippen LogP contribution in [0, 0.1) is 6.92 Å². The first kappa shape index (κ1) is 20.9. The highest BCUT2D eigenvalue weighted by Crippen LogP contribution is 2.44. The third-order valence-electron chi connectivity index (χ3n) is 6.96. The van der Waals surface area contributed by atoms with Crippen LogP contribution in [0.4, 0.5) is 0 Å². The fraction of sp³-hybridized carbons (Fsp3) is 0.280. The molecule has 0 radical (unpaired) electrons. The topological polar surface area (TPSA) is 84.5 Å². The van der Waals surface area contributed by atoms with E-state index in [4.69, 9.17) is 21.2 Å². The third kappa shape index (κ3) is 2.98. The lowest BCUT2D eigenvalue weighted by Gasteiger charge is -2.48. The summed E-state index contributed by atoms with van der Waals surface area (Å²) in [5.74, 6) is -0.352. The monoisotopic (exact) mass is 475 g/mol. The lowest BCUT2D eigenvalue weighted by atomic mass is 9.88. The highest BCUT2D eigenvalue weighted by atomic mass is 35.5. The molecule has 0 saturated carbocycles. The highest BCUT2D eigenvalue weighted by Gasteiger charge is 2.57. The van der Waals surface area contributed by atoms with Crippen molar-refractivity contribution >= 4 is 23.4 Å². The van der Waals surface area contributed by atoms with Crippen LogP contribution in [0.2, 0.25) is 0 Å². The Morgan fingerprint density at radius 2 is 1.97 bits per heavy atom. The van der Waals surface area contributed by atoms with Gasteiger partial charge in [0.2, 0.25) is 0 Å². The maximum absolute atomic E-state index is 13.8. The lowest BCUT2D eigenvalue weighted by Crippen LogP contribution is -2.63. The van der Waals surface area contributed by atoms with Crippen LogP contribution in [0.15, 0.2) is 69.9 Å². The number of halogens is 1. The molecule has 1 saturated heterocycles. The van der Waals surface area contributed by atoms with Crippen LogP contribution in [-0.4, -0.2) is 55.3 Å². The fourth-order valence-corrected chi connectivity index (χ4v) is 5.43. The number of benzene rings is 1. The molecule has 0 N–H and O–H groups in total. The highest BCUT2D eigenvalue weighted by molar-refractivity contribution is 6.29. The summed E-state index contributed by atoms with van der Waals surface area (Å²) in [6, 6.07) is 11.6. The number of carbonyl (C=O) groups excluding carboxylic acids is 2. The molecule has 1 aromatic carbocycles. The van der Waals surface area contributed by atoms with Crippen LogP contribution in [-0.2, 0) is 6.54 Å². The van der Waals surface area contributed by atoms with E-state index in [1.807, 2.05) is 53.5 Å². The summed E-state index contributed by atoms with van der Waals surface area (Å²) in [6.45, 7) is 2.91. The van der Waals surface area contributed by atoms with Crippen molar-refractivity contribution in [2.24, 2.45) is 0 Å². The molecule has 2 amide bonds. The molecular weight excluding hydrogens is 454 g/mol. The second-order valence-electron chi connectivity index (χ2n) is 8.79. The smallest absolute Gasteiger partial charge is 0.274 e. The minimum absolute atomic E-state index is 0.139. The van der Waals surface area contributed by atoms with Gasteiger partial charge in [-0.2, -0.15) is 5.10 Å². The largest absolute Gasteiger partial charge is 0.364 e. The van der Waals surface area contributed by atoms with Crippen LogP contribution in [0.5, 0.6) is 0 Å². The van der Waals surface area contributed by atoms with Gasteiger partial charge in [0.1, 0.15) is 17.5 Å². The number of hydrogen-bond donors (Lipinski definition) is 0. The maximum atomic E-state index is 13.8. The number of amides is 2. The van der Waals surface area contributed by atoms with Gasteiger partial charge in [-0.05, 0) is 37.5 Å². The first-order valence-electron chi connectivity index (χ1n) is 11.2. The van der Waals surface area contributed by atoms with Gasteiger partial charge in [0.05, 0.1) is 17.9 Å². The van der Waals surface area contributed by atoms with Crippen LogP contribution in [0.25, 0.3) is 11.3 Å². The van der Waals surface area contributed by atoms with Crippen molar-refractivity contribution in [2.75, 3.05) is 13.1 Å². The molecule has 1 unspecified atom stereocenters. The summed E-state index contributed by atoms with van der Waals surface area (Å²) >= 11 is 6.26. The average Bonchev–Trinajstić information content (AvgIpc) is 3.57. The van der Waals surface area contributed by atoms with Gasteiger partial charge >= 0.3 is 0 Å². The molecule has 34 heavy (non-hydrogen) atoms. The minimum atomic E-state index is -0.973. The van der Waals surface area contributed by atoms with Gasteiger partial charge in [-0.15, -0.1) is 0 Å². The number of aromatic nitrogens is 3. The van der Waals surface area contributed by atoms with E-state index in [2.05, 4.69) is 5.16 Å². The van der Waals surface area contributed by atoms with E-state index in [1.165, 1.54) is 6.26 Å². The predicted molar refractivity (Wildman–Crippen MR) is 125 cm³/mol. The molecule has 9 heteroatoms. The van der Waals surface area contributed by atoms with Gasteiger partial charge in [0, 0.05) is 23.7 Å². The normalized spacial score (nSPS) is 21.8. The first-order chi connectivity index (χ1) is 16.5. The first-order valence-corrected chi connectivity index (χ1v) is 11.6. The van der Waals surface area contributed by atoms with E-state index in [0.717, 1.165) is 21.9 Å². The second-order valence-corrected chi connectivity index (χ2v) is 9.27. The molecule has 2 aliphatic heterocycles. The molecule has 2 aromatic heterocycles. The van der Waals surface area contributed by atoms with Crippen LogP contribution in [0.3, 0.4) is 0 Å². The Balaban J connectivity index is 1.50. The maximum Gasteiger partial charge on any atom is 0.274 e.